The summed E-state index contributed by atoms with van der Waals surface area (Å²) in [7, 11) is 0. The highest BCUT2D eigenvalue weighted by atomic mass is 35.5. The van der Waals surface area contributed by atoms with Crippen molar-refractivity contribution in [1.82, 2.24) is 5.32 Å². The highest BCUT2D eigenvalue weighted by Crippen LogP contribution is 2.38. The Morgan fingerprint density at radius 2 is 1.80 bits per heavy atom. The standard InChI is InChI=1S/C20H22N2OS.ClH/c23-20(14-9-10-15-12-21-13-16(15)11-14)22-18-7-3-4-8-19(18)24-17-5-1-2-6-17;/h3-4,7-11,17,21H,1-2,5-6,12-13H2,(H,22,23);1H. The maximum absolute atomic E-state index is 12.7. The molecule has 2 aromatic rings. The first-order valence-electron chi connectivity index (χ1n) is 8.69. The summed E-state index contributed by atoms with van der Waals surface area (Å²) < 4.78 is 0. The molecule has 1 saturated carbocycles. The largest absolute Gasteiger partial charge is 0.321 e. The van der Waals surface area contributed by atoms with Gasteiger partial charge in [0.15, 0.2) is 0 Å². The van der Waals surface area contributed by atoms with Crippen molar-refractivity contribution in [2.24, 2.45) is 0 Å². The van der Waals surface area contributed by atoms with E-state index in [1.165, 1.54) is 41.7 Å². The lowest BCUT2D eigenvalue weighted by molar-refractivity contribution is 0.102. The average molecular weight is 375 g/mol. The van der Waals surface area contributed by atoms with E-state index < -0.39 is 0 Å². The van der Waals surface area contributed by atoms with Crippen molar-refractivity contribution < 1.29 is 4.79 Å². The summed E-state index contributed by atoms with van der Waals surface area (Å²) in [6, 6.07) is 14.2. The van der Waals surface area contributed by atoms with E-state index in [9.17, 15) is 4.79 Å². The number of carbonyl (C=O) groups excluding carboxylic acids is 1. The van der Waals surface area contributed by atoms with Gasteiger partial charge in [0, 0.05) is 28.8 Å². The Morgan fingerprint density at radius 1 is 1.04 bits per heavy atom. The molecular formula is C20H23ClN2OS. The SMILES string of the molecule is Cl.O=C(Nc1ccccc1SC1CCCC1)c1ccc2c(c1)CNC2. The number of rotatable bonds is 4. The molecule has 1 aliphatic heterocycles. The van der Waals surface area contributed by atoms with Gasteiger partial charge in [-0.05, 0) is 48.2 Å². The predicted molar refractivity (Wildman–Crippen MR) is 107 cm³/mol. The zero-order valence-corrected chi connectivity index (χ0v) is 15.7. The number of hydrogen-bond acceptors (Lipinski definition) is 3. The van der Waals surface area contributed by atoms with Crippen LogP contribution >= 0.6 is 24.2 Å². The number of amides is 1. The molecule has 4 rings (SSSR count). The van der Waals surface area contributed by atoms with Crippen LogP contribution in [0, 0.1) is 0 Å². The quantitative estimate of drug-likeness (QED) is 0.791. The molecule has 0 saturated heterocycles. The number of benzene rings is 2. The van der Waals surface area contributed by atoms with Crippen LogP contribution in [0.3, 0.4) is 0 Å². The van der Waals surface area contributed by atoms with Crippen LogP contribution in [0.5, 0.6) is 0 Å². The second-order valence-corrected chi connectivity index (χ2v) is 7.90. The summed E-state index contributed by atoms with van der Waals surface area (Å²) in [6.45, 7) is 1.75. The zero-order valence-electron chi connectivity index (χ0n) is 14.1. The van der Waals surface area contributed by atoms with E-state index in [1.807, 2.05) is 42.1 Å². The van der Waals surface area contributed by atoms with Gasteiger partial charge in [0.1, 0.15) is 0 Å². The molecule has 132 valence electrons. The molecule has 2 aromatic carbocycles. The fourth-order valence-corrected chi connectivity index (χ4v) is 4.82. The van der Waals surface area contributed by atoms with E-state index in [-0.39, 0.29) is 18.3 Å². The predicted octanol–water partition coefficient (Wildman–Crippen LogP) is 5.00. The van der Waals surface area contributed by atoms with Gasteiger partial charge >= 0.3 is 0 Å². The molecule has 25 heavy (non-hydrogen) atoms. The Hall–Kier alpha value is -1.49. The van der Waals surface area contributed by atoms with Crippen molar-refractivity contribution in [3.05, 3.63) is 59.2 Å². The van der Waals surface area contributed by atoms with E-state index >= 15 is 0 Å². The van der Waals surface area contributed by atoms with E-state index in [0.29, 0.717) is 5.25 Å². The number of para-hydroxylation sites is 1. The van der Waals surface area contributed by atoms with E-state index in [4.69, 9.17) is 0 Å². The Kier molecular flexibility index (Phi) is 6.05. The fraction of sp³-hybridized carbons (Fsp3) is 0.350. The number of thioether (sulfide) groups is 1. The normalized spacial score (nSPS) is 16.3. The molecule has 0 unspecified atom stereocenters. The van der Waals surface area contributed by atoms with Crippen molar-refractivity contribution in [3.8, 4) is 0 Å². The molecule has 0 radical (unpaired) electrons. The van der Waals surface area contributed by atoms with Crippen LogP contribution in [0.1, 0.15) is 47.2 Å². The van der Waals surface area contributed by atoms with Crippen LogP contribution in [0.4, 0.5) is 5.69 Å². The maximum Gasteiger partial charge on any atom is 0.255 e. The van der Waals surface area contributed by atoms with Crippen LogP contribution in [-0.2, 0) is 13.1 Å². The van der Waals surface area contributed by atoms with Crippen LogP contribution < -0.4 is 10.6 Å². The van der Waals surface area contributed by atoms with Crippen molar-refractivity contribution in [2.75, 3.05) is 5.32 Å². The number of nitrogens with one attached hydrogen (secondary N) is 2. The Labute approximate surface area is 159 Å². The first kappa shape index (κ1) is 18.3. The van der Waals surface area contributed by atoms with Gasteiger partial charge in [-0.15, -0.1) is 24.2 Å². The van der Waals surface area contributed by atoms with Crippen LogP contribution in [0.25, 0.3) is 0 Å². The molecule has 3 nitrogen and oxygen atoms in total. The number of halogens is 1. The minimum Gasteiger partial charge on any atom is -0.321 e. The molecule has 1 aliphatic carbocycles. The highest BCUT2D eigenvalue weighted by molar-refractivity contribution is 8.00. The summed E-state index contributed by atoms with van der Waals surface area (Å²) >= 11 is 1.91. The van der Waals surface area contributed by atoms with E-state index in [1.54, 1.807) is 0 Å². The second-order valence-electron chi connectivity index (χ2n) is 6.56. The van der Waals surface area contributed by atoms with Crippen molar-refractivity contribution in [3.63, 3.8) is 0 Å². The molecular weight excluding hydrogens is 352 g/mol. The van der Waals surface area contributed by atoms with Crippen molar-refractivity contribution in [1.29, 1.82) is 0 Å². The summed E-state index contributed by atoms with van der Waals surface area (Å²) in [5.41, 5.74) is 4.19. The molecule has 1 fully saturated rings. The lowest BCUT2D eigenvalue weighted by Gasteiger charge is -2.14. The molecule has 1 heterocycles. The number of hydrogen-bond donors (Lipinski definition) is 2. The van der Waals surface area contributed by atoms with Crippen LogP contribution in [0.15, 0.2) is 47.4 Å². The highest BCUT2D eigenvalue weighted by Gasteiger charge is 2.19. The smallest absolute Gasteiger partial charge is 0.255 e. The third kappa shape index (κ3) is 4.20. The summed E-state index contributed by atoms with van der Waals surface area (Å²) in [5, 5.41) is 7.12. The molecule has 0 atom stereocenters. The second kappa shape index (κ2) is 8.26. The molecule has 2 N–H and O–H groups in total. The lowest BCUT2D eigenvalue weighted by atomic mass is 10.1. The number of fused-ring (bicyclic) bond motifs is 1. The topological polar surface area (TPSA) is 41.1 Å². The fourth-order valence-electron chi connectivity index (χ4n) is 3.49. The monoisotopic (exact) mass is 374 g/mol. The third-order valence-corrected chi connectivity index (χ3v) is 6.25. The summed E-state index contributed by atoms with van der Waals surface area (Å²) in [6.07, 6.45) is 5.22. The van der Waals surface area contributed by atoms with Gasteiger partial charge in [0.2, 0.25) is 0 Å². The van der Waals surface area contributed by atoms with Gasteiger partial charge in [0.05, 0.1) is 5.69 Å². The Bertz CT molecular complexity index is 759. The molecule has 0 bridgehead atoms. The third-order valence-electron chi connectivity index (χ3n) is 4.83. The first-order chi connectivity index (χ1) is 11.8. The summed E-state index contributed by atoms with van der Waals surface area (Å²) in [4.78, 5) is 13.8. The van der Waals surface area contributed by atoms with Crippen molar-refractivity contribution in [2.45, 2.75) is 48.9 Å². The molecule has 1 amide bonds. The van der Waals surface area contributed by atoms with Crippen molar-refractivity contribution >= 4 is 35.8 Å². The van der Waals surface area contributed by atoms with Crippen LogP contribution in [-0.4, -0.2) is 11.2 Å². The zero-order chi connectivity index (χ0) is 16.4. The van der Waals surface area contributed by atoms with Gasteiger partial charge in [-0.1, -0.05) is 31.0 Å². The van der Waals surface area contributed by atoms with Gasteiger partial charge in [0.25, 0.3) is 5.91 Å². The minimum atomic E-state index is -0.0239. The van der Waals surface area contributed by atoms with Gasteiger partial charge < -0.3 is 10.6 Å². The van der Waals surface area contributed by atoms with Gasteiger partial charge in [-0.25, -0.2) is 0 Å². The van der Waals surface area contributed by atoms with Gasteiger partial charge in [-0.2, -0.15) is 0 Å². The van der Waals surface area contributed by atoms with E-state index in [0.717, 1.165) is 24.3 Å². The maximum atomic E-state index is 12.7. The van der Waals surface area contributed by atoms with Gasteiger partial charge in [-0.3, -0.25) is 4.79 Å². The lowest BCUT2D eigenvalue weighted by Crippen LogP contribution is -2.13. The van der Waals surface area contributed by atoms with E-state index in [2.05, 4.69) is 22.8 Å². The van der Waals surface area contributed by atoms with Crippen LogP contribution in [0.2, 0.25) is 0 Å². The Balaban J connectivity index is 0.00000182. The molecule has 0 spiro atoms. The average Bonchev–Trinajstić information content (AvgIpc) is 3.27. The Morgan fingerprint density at radius 3 is 2.64 bits per heavy atom. The molecule has 0 aromatic heterocycles. The molecule has 2 aliphatic rings. The number of carbonyl (C=O) groups is 1. The minimum absolute atomic E-state index is 0. The number of anilines is 1. The first-order valence-corrected chi connectivity index (χ1v) is 9.57. The summed E-state index contributed by atoms with van der Waals surface area (Å²) in [5.74, 6) is -0.0239. The molecule has 5 heteroatoms.